The fourth-order valence-corrected chi connectivity index (χ4v) is 2.83. The summed E-state index contributed by atoms with van der Waals surface area (Å²) >= 11 is 0. The summed E-state index contributed by atoms with van der Waals surface area (Å²) in [4.78, 5) is 25.1. The maximum Gasteiger partial charge on any atom is 0.330 e. The van der Waals surface area contributed by atoms with E-state index < -0.39 is 29.2 Å². The van der Waals surface area contributed by atoms with Crippen molar-refractivity contribution in [1.29, 1.82) is 0 Å². The summed E-state index contributed by atoms with van der Waals surface area (Å²) < 4.78 is 7.05. The Morgan fingerprint density at radius 2 is 2.20 bits per heavy atom. The lowest BCUT2D eigenvalue weighted by Gasteiger charge is -2.30. The molecule has 0 saturated carbocycles. The SMILES string of the molecule is CCC[C@]1(CO)OC(n2ccc(=O)[nH]c2=O)[C@H](C)[C@@H]1O. The highest BCUT2D eigenvalue weighted by atomic mass is 16.6. The maximum absolute atomic E-state index is 11.8. The highest BCUT2D eigenvalue weighted by Gasteiger charge is 2.52. The Morgan fingerprint density at radius 3 is 2.75 bits per heavy atom. The number of nitrogens with zero attached hydrogens (tertiary/aromatic N) is 1. The van der Waals surface area contributed by atoms with E-state index in [1.165, 1.54) is 16.8 Å². The molecule has 3 N–H and O–H groups in total. The lowest BCUT2D eigenvalue weighted by molar-refractivity contribution is -0.133. The molecule has 20 heavy (non-hydrogen) atoms. The Kier molecular flexibility index (Phi) is 4.12. The first-order chi connectivity index (χ1) is 9.45. The molecule has 0 aromatic carbocycles. The number of hydrogen-bond donors (Lipinski definition) is 3. The van der Waals surface area contributed by atoms with Crippen molar-refractivity contribution in [3.63, 3.8) is 0 Å². The van der Waals surface area contributed by atoms with Gasteiger partial charge in [0.25, 0.3) is 5.56 Å². The van der Waals surface area contributed by atoms with Crippen LogP contribution in [-0.4, -0.2) is 38.1 Å². The molecule has 0 spiro atoms. The number of hydrogen-bond acceptors (Lipinski definition) is 5. The number of rotatable bonds is 4. The molecule has 112 valence electrons. The fraction of sp³-hybridized carbons (Fsp3) is 0.692. The molecule has 0 aliphatic carbocycles. The second kappa shape index (κ2) is 5.51. The van der Waals surface area contributed by atoms with Crippen LogP contribution in [0.15, 0.2) is 21.9 Å². The van der Waals surface area contributed by atoms with Crippen molar-refractivity contribution in [2.75, 3.05) is 6.61 Å². The van der Waals surface area contributed by atoms with E-state index in [9.17, 15) is 19.8 Å². The van der Waals surface area contributed by atoms with Crippen LogP contribution in [0.3, 0.4) is 0 Å². The topological polar surface area (TPSA) is 105 Å². The first-order valence-corrected chi connectivity index (χ1v) is 6.73. The predicted octanol–water partition coefficient (Wildman–Crippen LogP) is -0.406. The van der Waals surface area contributed by atoms with Crippen LogP contribution in [0, 0.1) is 5.92 Å². The van der Waals surface area contributed by atoms with E-state index in [0.29, 0.717) is 6.42 Å². The summed E-state index contributed by atoms with van der Waals surface area (Å²) in [6, 6.07) is 1.22. The van der Waals surface area contributed by atoms with E-state index in [-0.39, 0.29) is 12.5 Å². The molecule has 1 aliphatic rings. The van der Waals surface area contributed by atoms with Crippen molar-refractivity contribution in [3.8, 4) is 0 Å². The summed E-state index contributed by atoms with van der Waals surface area (Å²) in [5.74, 6) is -0.377. The Bertz CT molecular complexity index is 581. The molecule has 7 nitrogen and oxygen atoms in total. The summed E-state index contributed by atoms with van der Waals surface area (Å²) in [5, 5.41) is 19.9. The third-order valence-corrected chi connectivity index (χ3v) is 3.91. The molecular formula is C13H20N2O5. The van der Waals surface area contributed by atoms with Gasteiger partial charge in [0.2, 0.25) is 0 Å². The molecule has 1 aliphatic heterocycles. The molecular weight excluding hydrogens is 264 g/mol. The number of H-pyrrole nitrogens is 1. The summed E-state index contributed by atoms with van der Waals surface area (Å²) in [7, 11) is 0. The van der Waals surface area contributed by atoms with Crippen LogP contribution in [0.5, 0.6) is 0 Å². The molecule has 1 aromatic rings. The average molecular weight is 284 g/mol. The minimum atomic E-state index is -1.06. The van der Waals surface area contributed by atoms with Crippen LogP contribution < -0.4 is 11.2 Å². The second-order valence-electron chi connectivity index (χ2n) is 5.30. The van der Waals surface area contributed by atoms with Crippen molar-refractivity contribution in [1.82, 2.24) is 9.55 Å². The zero-order valence-electron chi connectivity index (χ0n) is 11.6. The molecule has 1 aromatic heterocycles. The van der Waals surface area contributed by atoms with Crippen LogP contribution in [0.4, 0.5) is 0 Å². The zero-order chi connectivity index (χ0) is 14.9. The molecule has 7 heteroatoms. The Hall–Kier alpha value is -1.44. The quantitative estimate of drug-likeness (QED) is 0.697. The average Bonchev–Trinajstić information content (AvgIpc) is 2.65. The Balaban J connectivity index is 2.39. The van der Waals surface area contributed by atoms with Crippen molar-refractivity contribution in [3.05, 3.63) is 33.1 Å². The highest BCUT2D eigenvalue weighted by Crippen LogP contribution is 2.42. The van der Waals surface area contributed by atoms with Gasteiger partial charge in [-0.3, -0.25) is 14.3 Å². The molecule has 1 fully saturated rings. The van der Waals surface area contributed by atoms with Gasteiger partial charge >= 0.3 is 5.69 Å². The molecule has 2 rings (SSSR count). The Morgan fingerprint density at radius 1 is 1.50 bits per heavy atom. The van der Waals surface area contributed by atoms with E-state index in [4.69, 9.17) is 4.74 Å². The standard InChI is InChI=1S/C13H20N2O5/c1-3-5-13(7-16)10(18)8(2)11(20-13)15-6-4-9(17)14-12(15)19/h4,6,8,10-11,16,18H,3,5,7H2,1-2H3,(H,14,17,19)/t8-,10+,11?,13-/m1/s1. The zero-order valence-corrected chi connectivity index (χ0v) is 11.6. The van der Waals surface area contributed by atoms with Crippen LogP contribution in [0.1, 0.15) is 32.9 Å². The van der Waals surface area contributed by atoms with Crippen LogP contribution >= 0.6 is 0 Å². The molecule has 1 unspecified atom stereocenters. The van der Waals surface area contributed by atoms with Gasteiger partial charge in [-0.15, -0.1) is 0 Å². The van der Waals surface area contributed by atoms with Gasteiger partial charge in [0.05, 0.1) is 12.7 Å². The van der Waals surface area contributed by atoms with Gasteiger partial charge in [-0.25, -0.2) is 4.79 Å². The van der Waals surface area contributed by atoms with Gasteiger partial charge < -0.3 is 14.9 Å². The van der Waals surface area contributed by atoms with Crippen LogP contribution in [0.2, 0.25) is 0 Å². The first-order valence-electron chi connectivity index (χ1n) is 6.73. The van der Waals surface area contributed by atoms with Crippen molar-refractivity contribution in [2.45, 2.75) is 44.6 Å². The van der Waals surface area contributed by atoms with Gasteiger partial charge in [-0.05, 0) is 6.42 Å². The van der Waals surface area contributed by atoms with Crippen LogP contribution in [-0.2, 0) is 4.74 Å². The lowest BCUT2D eigenvalue weighted by Crippen LogP contribution is -2.44. The second-order valence-corrected chi connectivity index (χ2v) is 5.30. The number of ether oxygens (including phenoxy) is 1. The minimum absolute atomic E-state index is 0.319. The molecule has 1 saturated heterocycles. The monoisotopic (exact) mass is 284 g/mol. The molecule has 0 amide bonds. The van der Waals surface area contributed by atoms with Gasteiger partial charge in [0, 0.05) is 18.2 Å². The Labute approximate surface area is 115 Å². The van der Waals surface area contributed by atoms with E-state index in [1.807, 2.05) is 6.92 Å². The van der Waals surface area contributed by atoms with Gasteiger partial charge in [-0.2, -0.15) is 0 Å². The highest BCUT2D eigenvalue weighted by molar-refractivity contribution is 5.00. The summed E-state index contributed by atoms with van der Waals surface area (Å²) in [6.45, 7) is 3.36. The molecule has 0 radical (unpaired) electrons. The molecule has 4 atom stereocenters. The van der Waals surface area contributed by atoms with Crippen LogP contribution in [0.25, 0.3) is 0 Å². The van der Waals surface area contributed by atoms with E-state index in [2.05, 4.69) is 4.98 Å². The number of aromatic amines is 1. The molecule has 2 heterocycles. The number of aliphatic hydroxyl groups excluding tert-OH is 2. The third kappa shape index (κ3) is 2.32. The first kappa shape index (κ1) is 15.0. The van der Waals surface area contributed by atoms with E-state index in [1.54, 1.807) is 6.92 Å². The van der Waals surface area contributed by atoms with Crippen molar-refractivity contribution in [2.24, 2.45) is 5.92 Å². The van der Waals surface area contributed by atoms with E-state index >= 15 is 0 Å². The normalized spacial score (nSPS) is 33.5. The largest absolute Gasteiger partial charge is 0.393 e. The van der Waals surface area contributed by atoms with Crippen molar-refractivity contribution >= 4 is 0 Å². The van der Waals surface area contributed by atoms with Gasteiger partial charge in [0.15, 0.2) is 0 Å². The number of aromatic nitrogens is 2. The number of nitrogens with one attached hydrogen (secondary N) is 1. The van der Waals surface area contributed by atoms with Crippen molar-refractivity contribution < 1.29 is 14.9 Å². The predicted molar refractivity (Wildman–Crippen MR) is 71.3 cm³/mol. The summed E-state index contributed by atoms with van der Waals surface area (Å²) in [5.41, 5.74) is -2.14. The lowest BCUT2D eigenvalue weighted by atomic mass is 9.87. The smallest absolute Gasteiger partial charge is 0.330 e. The summed E-state index contributed by atoms with van der Waals surface area (Å²) in [6.07, 6.45) is 0.972. The van der Waals surface area contributed by atoms with Gasteiger partial charge in [-0.1, -0.05) is 20.3 Å². The third-order valence-electron chi connectivity index (χ3n) is 3.91. The molecule has 0 bridgehead atoms. The minimum Gasteiger partial charge on any atom is -0.393 e. The maximum atomic E-state index is 11.8. The fourth-order valence-electron chi connectivity index (χ4n) is 2.83. The number of aliphatic hydroxyl groups is 2. The van der Waals surface area contributed by atoms with Gasteiger partial charge in [0.1, 0.15) is 11.8 Å². The van der Waals surface area contributed by atoms with E-state index in [0.717, 1.165) is 6.42 Å².